The molecule has 0 saturated heterocycles. The normalized spacial score (nSPS) is 15.4. The number of aryl methyl sites for hydroxylation is 1. The van der Waals surface area contributed by atoms with Gasteiger partial charge in [-0.1, -0.05) is 24.8 Å². The monoisotopic (exact) mass is 428 g/mol. The molecule has 1 heterocycles. The summed E-state index contributed by atoms with van der Waals surface area (Å²) in [6.07, 6.45) is -1.57. The van der Waals surface area contributed by atoms with Gasteiger partial charge in [0.25, 0.3) is 5.91 Å². The summed E-state index contributed by atoms with van der Waals surface area (Å²) in [6, 6.07) is 2.04. The predicted octanol–water partition coefficient (Wildman–Crippen LogP) is 5.63. The lowest BCUT2D eigenvalue weighted by atomic mass is 9.97. The van der Waals surface area contributed by atoms with E-state index in [2.05, 4.69) is 17.2 Å². The van der Waals surface area contributed by atoms with Crippen LogP contribution in [0.15, 0.2) is 48.1 Å². The van der Waals surface area contributed by atoms with Crippen molar-refractivity contribution >= 4 is 23.2 Å². The van der Waals surface area contributed by atoms with Crippen LogP contribution in [0.1, 0.15) is 37.8 Å². The highest BCUT2D eigenvalue weighted by Crippen LogP contribution is 2.40. The first-order chi connectivity index (χ1) is 13.9. The summed E-state index contributed by atoms with van der Waals surface area (Å²) in [5.74, 6) is -4.48. The SMILES string of the molecule is C=C/C(CC(C)(F)F)=C(\C=C/C)C(=O)Nc1cc2c(c(C(F)(F)F)c1)NC(=O)CC2. The van der Waals surface area contributed by atoms with E-state index in [-0.39, 0.29) is 40.9 Å². The molecule has 2 N–H and O–H groups in total. The fraction of sp³-hybridized carbons (Fsp3) is 0.333. The Balaban J connectivity index is 2.48. The van der Waals surface area contributed by atoms with Crippen molar-refractivity contribution in [3.8, 4) is 0 Å². The molecule has 1 aliphatic rings. The predicted molar refractivity (Wildman–Crippen MR) is 104 cm³/mol. The number of benzene rings is 1. The molecular weight excluding hydrogens is 407 g/mol. The van der Waals surface area contributed by atoms with Crippen molar-refractivity contribution in [3.63, 3.8) is 0 Å². The summed E-state index contributed by atoms with van der Waals surface area (Å²) in [5, 5.41) is 4.57. The number of hydrogen-bond acceptors (Lipinski definition) is 2. The molecule has 0 fully saturated rings. The van der Waals surface area contributed by atoms with Crippen LogP contribution in [-0.2, 0) is 22.2 Å². The van der Waals surface area contributed by atoms with E-state index in [1.54, 1.807) is 6.92 Å². The van der Waals surface area contributed by atoms with E-state index in [1.165, 1.54) is 18.2 Å². The molecule has 0 bridgehead atoms. The Labute approximate surface area is 170 Å². The second-order valence-electron chi connectivity index (χ2n) is 6.95. The van der Waals surface area contributed by atoms with Gasteiger partial charge in [-0.15, -0.1) is 0 Å². The zero-order chi connectivity index (χ0) is 22.7. The van der Waals surface area contributed by atoms with Crippen LogP contribution in [0.4, 0.5) is 33.3 Å². The lowest BCUT2D eigenvalue weighted by Gasteiger charge is -2.23. The first-order valence-corrected chi connectivity index (χ1v) is 9.07. The zero-order valence-corrected chi connectivity index (χ0v) is 16.4. The fourth-order valence-corrected chi connectivity index (χ4v) is 3.10. The molecule has 2 amide bonds. The van der Waals surface area contributed by atoms with Gasteiger partial charge in [0.15, 0.2) is 0 Å². The third-order valence-corrected chi connectivity index (χ3v) is 4.34. The van der Waals surface area contributed by atoms with E-state index in [0.717, 1.165) is 6.08 Å². The molecule has 1 aliphatic heterocycles. The Morgan fingerprint density at radius 2 is 1.90 bits per heavy atom. The van der Waals surface area contributed by atoms with Crippen molar-refractivity contribution in [1.82, 2.24) is 0 Å². The summed E-state index contributed by atoms with van der Waals surface area (Å²) in [5.41, 5.74) is -1.54. The largest absolute Gasteiger partial charge is 0.418 e. The second-order valence-corrected chi connectivity index (χ2v) is 6.95. The Kier molecular flexibility index (Phi) is 6.84. The topological polar surface area (TPSA) is 58.2 Å². The molecule has 1 aromatic carbocycles. The minimum atomic E-state index is -4.77. The number of hydrogen-bond donors (Lipinski definition) is 2. The number of carbonyl (C=O) groups is 2. The summed E-state index contributed by atoms with van der Waals surface area (Å²) in [4.78, 5) is 24.2. The van der Waals surface area contributed by atoms with Crippen LogP contribution in [0.25, 0.3) is 0 Å². The van der Waals surface area contributed by atoms with Gasteiger partial charge in [-0.05, 0) is 43.5 Å². The Morgan fingerprint density at radius 1 is 1.23 bits per heavy atom. The molecule has 1 aromatic rings. The standard InChI is InChI=1S/C21H21F5N2O2/c1-4-6-15(12(5-2)11-20(3,22)23)19(30)27-14-9-13-7-8-17(29)28-18(13)16(10-14)21(24,25)26/h4-6,9-10H,2,7-8,11H2,1,3H3,(H,27,30)(H,28,29)/b6-4-,15-12-. The summed E-state index contributed by atoms with van der Waals surface area (Å²) in [6.45, 7) is 5.72. The van der Waals surface area contributed by atoms with Gasteiger partial charge in [-0.2, -0.15) is 13.2 Å². The molecule has 0 radical (unpaired) electrons. The molecule has 0 aliphatic carbocycles. The van der Waals surface area contributed by atoms with Gasteiger partial charge in [0.05, 0.1) is 11.3 Å². The first-order valence-electron chi connectivity index (χ1n) is 9.07. The smallest absolute Gasteiger partial charge is 0.325 e. The average Bonchev–Trinajstić information content (AvgIpc) is 2.62. The minimum absolute atomic E-state index is 0.0115. The lowest BCUT2D eigenvalue weighted by Crippen LogP contribution is -2.24. The maximum atomic E-state index is 13.5. The fourth-order valence-electron chi connectivity index (χ4n) is 3.10. The van der Waals surface area contributed by atoms with E-state index in [0.29, 0.717) is 13.0 Å². The number of carbonyl (C=O) groups excluding carboxylic acids is 2. The second kappa shape index (κ2) is 8.81. The summed E-state index contributed by atoms with van der Waals surface area (Å²) >= 11 is 0. The van der Waals surface area contributed by atoms with Crippen LogP contribution in [0.2, 0.25) is 0 Å². The van der Waals surface area contributed by atoms with Gasteiger partial charge in [-0.3, -0.25) is 9.59 Å². The van der Waals surface area contributed by atoms with Crippen molar-refractivity contribution < 1.29 is 31.5 Å². The van der Waals surface area contributed by atoms with E-state index < -0.39 is 35.9 Å². The Hall–Kier alpha value is -2.97. The highest BCUT2D eigenvalue weighted by atomic mass is 19.4. The van der Waals surface area contributed by atoms with Crippen molar-refractivity contribution in [3.05, 3.63) is 59.2 Å². The van der Waals surface area contributed by atoms with Crippen LogP contribution in [0.3, 0.4) is 0 Å². The van der Waals surface area contributed by atoms with Gasteiger partial charge < -0.3 is 10.6 Å². The maximum absolute atomic E-state index is 13.5. The van der Waals surface area contributed by atoms with Crippen LogP contribution in [0.5, 0.6) is 0 Å². The Morgan fingerprint density at radius 3 is 2.43 bits per heavy atom. The molecule has 0 atom stereocenters. The van der Waals surface area contributed by atoms with Gasteiger partial charge in [0.1, 0.15) is 0 Å². The highest BCUT2D eigenvalue weighted by molar-refractivity contribution is 6.07. The molecule has 2 rings (SSSR count). The number of fused-ring (bicyclic) bond motifs is 1. The van der Waals surface area contributed by atoms with E-state index in [1.807, 2.05) is 0 Å². The number of alkyl halides is 5. The van der Waals surface area contributed by atoms with E-state index in [4.69, 9.17) is 0 Å². The van der Waals surface area contributed by atoms with E-state index in [9.17, 15) is 31.5 Å². The number of amides is 2. The van der Waals surface area contributed by atoms with Gasteiger partial charge in [-0.25, -0.2) is 8.78 Å². The molecule has 162 valence electrons. The van der Waals surface area contributed by atoms with Crippen LogP contribution < -0.4 is 10.6 Å². The van der Waals surface area contributed by atoms with Crippen molar-refractivity contribution in [2.45, 2.75) is 45.2 Å². The lowest BCUT2D eigenvalue weighted by molar-refractivity contribution is -0.137. The number of anilines is 2. The van der Waals surface area contributed by atoms with Crippen molar-refractivity contribution in [1.29, 1.82) is 0 Å². The summed E-state index contributed by atoms with van der Waals surface area (Å²) < 4.78 is 67.4. The van der Waals surface area contributed by atoms with Crippen molar-refractivity contribution in [2.24, 2.45) is 0 Å². The van der Waals surface area contributed by atoms with E-state index >= 15 is 0 Å². The maximum Gasteiger partial charge on any atom is 0.418 e. The number of rotatable bonds is 6. The molecule has 30 heavy (non-hydrogen) atoms. The van der Waals surface area contributed by atoms with Gasteiger partial charge >= 0.3 is 6.18 Å². The summed E-state index contributed by atoms with van der Waals surface area (Å²) in [7, 11) is 0. The van der Waals surface area contributed by atoms with Gasteiger partial charge in [0, 0.05) is 24.1 Å². The molecule has 9 heteroatoms. The third kappa shape index (κ3) is 5.77. The van der Waals surface area contributed by atoms with Crippen molar-refractivity contribution in [2.75, 3.05) is 10.6 Å². The first kappa shape index (κ1) is 23.3. The molecule has 0 aromatic heterocycles. The average molecular weight is 428 g/mol. The quantitative estimate of drug-likeness (QED) is 0.350. The molecule has 0 unspecified atom stereocenters. The molecule has 4 nitrogen and oxygen atoms in total. The van der Waals surface area contributed by atoms with Gasteiger partial charge in [0.2, 0.25) is 11.8 Å². The third-order valence-electron chi connectivity index (χ3n) is 4.34. The zero-order valence-electron chi connectivity index (χ0n) is 16.4. The van der Waals surface area contributed by atoms with Crippen LogP contribution in [-0.4, -0.2) is 17.7 Å². The van der Waals surface area contributed by atoms with Crippen LogP contribution >= 0.6 is 0 Å². The van der Waals surface area contributed by atoms with Crippen LogP contribution in [0, 0.1) is 0 Å². The molecule has 0 saturated carbocycles. The number of halogens is 5. The highest BCUT2D eigenvalue weighted by Gasteiger charge is 2.37. The number of nitrogens with one attached hydrogen (secondary N) is 2. The molecular formula is C21H21F5N2O2. The Bertz CT molecular complexity index is 925. The minimum Gasteiger partial charge on any atom is -0.325 e. The number of allylic oxidation sites excluding steroid dienone is 3. The molecule has 0 spiro atoms.